The van der Waals surface area contributed by atoms with E-state index in [0.29, 0.717) is 13.1 Å². The van der Waals surface area contributed by atoms with E-state index in [0.717, 1.165) is 34.0 Å². The largest absolute Gasteiger partial charge is 0.391 e. The predicted octanol–water partition coefficient (Wildman–Crippen LogP) is 3.35. The highest BCUT2D eigenvalue weighted by Crippen LogP contribution is 2.31. The normalized spacial score (nSPS) is 19.1. The Bertz CT molecular complexity index is 702. The quantitative estimate of drug-likeness (QED) is 0.896. The van der Waals surface area contributed by atoms with Crippen LogP contribution in [0.25, 0.3) is 10.6 Å². The highest BCUT2D eigenvalue weighted by molar-refractivity contribution is 7.15. The number of amides is 2. The first-order valence-corrected chi connectivity index (χ1v) is 9.12. The molecule has 3 rings (SSSR count). The molecule has 0 spiro atoms. The average Bonchev–Trinajstić information content (AvgIpc) is 2.97. The van der Waals surface area contributed by atoms with Crippen LogP contribution in [0.2, 0.25) is 0 Å². The first kappa shape index (κ1) is 16.9. The number of β-amino-alcohol motifs (C(OH)–C–C–N with tert-alkyl or cyclic N) is 1. The van der Waals surface area contributed by atoms with Crippen LogP contribution in [-0.2, 0) is 0 Å². The molecule has 0 bridgehead atoms. The third-order valence-electron chi connectivity index (χ3n) is 4.27. The van der Waals surface area contributed by atoms with E-state index in [4.69, 9.17) is 0 Å². The zero-order valence-electron chi connectivity index (χ0n) is 14.0. The summed E-state index contributed by atoms with van der Waals surface area (Å²) < 4.78 is 0. The third kappa shape index (κ3) is 3.76. The summed E-state index contributed by atoms with van der Waals surface area (Å²) in [7, 11) is 0. The number of aliphatic hydroxyl groups is 1. The Kier molecular flexibility index (Phi) is 5.16. The van der Waals surface area contributed by atoms with Crippen molar-refractivity contribution >= 4 is 17.4 Å². The number of thiazole rings is 1. The van der Waals surface area contributed by atoms with Crippen LogP contribution in [0.3, 0.4) is 0 Å². The van der Waals surface area contributed by atoms with Crippen LogP contribution in [0, 0.1) is 6.92 Å². The predicted molar refractivity (Wildman–Crippen MR) is 96.0 cm³/mol. The fourth-order valence-corrected chi connectivity index (χ4v) is 4.07. The maximum absolute atomic E-state index is 12.4. The van der Waals surface area contributed by atoms with E-state index in [2.05, 4.69) is 10.3 Å². The Labute approximate surface area is 146 Å². The van der Waals surface area contributed by atoms with Gasteiger partial charge in [0.1, 0.15) is 5.01 Å². The van der Waals surface area contributed by atoms with Crippen molar-refractivity contribution in [1.29, 1.82) is 0 Å². The zero-order chi connectivity index (χ0) is 17.1. The average molecular weight is 345 g/mol. The first-order valence-electron chi connectivity index (χ1n) is 8.31. The van der Waals surface area contributed by atoms with Crippen LogP contribution in [0.4, 0.5) is 4.79 Å². The van der Waals surface area contributed by atoms with Crippen molar-refractivity contribution in [3.05, 3.63) is 40.9 Å². The number of hydrogen-bond acceptors (Lipinski definition) is 4. The SMILES string of the molecule is Cc1nc(-c2ccccc2)sc1C(C)NC(=O)N1CCCC(O)C1. The number of aryl methyl sites for hydroxylation is 1. The van der Waals surface area contributed by atoms with Crippen LogP contribution in [0.15, 0.2) is 30.3 Å². The molecule has 2 amide bonds. The fourth-order valence-electron chi connectivity index (χ4n) is 3.00. The fraction of sp³-hybridized carbons (Fsp3) is 0.444. The molecular weight excluding hydrogens is 322 g/mol. The van der Waals surface area contributed by atoms with Crippen LogP contribution in [-0.4, -0.2) is 40.2 Å². The monoisotopic (exact) mass is 345 g/mol. The summed E-state index contributed by atoms with van der Waals surface area (Å²) in [6, 6.07) is 9.85. The second-order valence-electron chi connectivity index (χ2n) is 6.25. The molecule has 1 aromatic carbocycles. The summed E-state index contributed by atoms with van der Waals surface area (Å²) in [5.41, 5.74) is 2.04. The molecule has 0 aliphatic carbocycles. The highest BCUT2D eigenvalue weighted by atomic mass is 32.1. The van der Waals surface area contributed by atoms with E-state index < -0.39 is 6.10 Å². The van der Waals surface area contributed by atoms with E-state index >= 15 is 0 Å². The summed E-state index contributed by atoms with van der Waals surface area (Å²) in [5, 5.41) is 13.7. The van der Waals surface area contributed by atoms with Crippen LogP contribution >= 0.6 is 11.3 Å². The molecule has 0 saturated carbocycles. The number of piperidine rings is 1. The molecule has 6 heteroatoms. The molecule has 2 unspecified atom stereocenters. The van der Waals surface area contributed by atoms with Crippen molar-refractivity contribution in [2.45, 2.75) is 38.8 Å². The van der Waals surface area contributed by atoms with Crippen molar-refractivity contribution in [1.82, 2.24) is 15.2 Å². The van der Waals surface area contributed by atoms with Crippen LogP contribution in [0.1, 0.15) is 36.4 Å². The van der Waals surface area contributed by atoms with Crippen LogP contribution in [0.5, 0.6) is 0 Å². The number of nitrogens with one attached hydrogen (secondary N) is 1. The number of hydrogen-bond donors (Lipinski definition) is 2. The summed E-state index contributed by atoms with van der Waals surface area (Å²) in [6.45, 7) is 5.07. The molecular formula is C18H23N3O2S. The molecule has 128 valence electrons. The van der Waals surface area contributed by atoms with Crippen molar-refractivity contribution in [3.63, 3.8) is 0 Å². The van der Waals surface area contributed by atoms with E-state index in [9.17, 15) is 9.90 Å². The summed E-state index contributed by atoms with van der Waals surface area (Å²) in [6.07, 6.45) is 1.21. The minimum absolute atomic E-state index is 0.105. The standard InChI is InChI=1S/C18H23N3O2S/c1-12-16(24-17(19-12)14-7-4-3-5-8-14)13(2)20-18(23)21-10-6-9-15(22)11-21/h3-5,7-8,13,15,22H,6,9-11H2,1-2H3,(H,20,23). The van der Waals surface area contributed by atoms with Gasteiger partial charge in [-0.05, 0) is 26.7 Å². The van der Waals surface area contributed by atoms with E-state index in [1.807, 2.05) is 44.2 Å². The molecule has 2 N–H and O–H groups in total. The number of rotatable bonds is 3. The molecule has 24 heavy (non-hydrogen) atoms. The van der Waals surface area contributed by atoms with Gasteiger partial charge in [-0.15, -0.1) is 11.3 Å². The lowest BCUT2D eigenvalue weighted by atomic mass is 10.1. The number of aromatic nitrogens is 1. The smallest absolute Gasteiger partial charge is 0.317 e. The molecule has 1 fully saturated rings. The zero-order valence-corrected chi connectivity index (χ0v) is 14.8. The number of benzene rings is 1. The Morgan fingerprint density at radius 3 is 2.88 bits per heavy atom. The Morgan fingerprint density at radius 1 is 1.42 bits per heavy atom. The van der Waals surface area contributed by atoms with Gasteiger partial charge in [-0.2, -0.15) is 0 Å². The van der Waals surface area contributed by atoms with Gasteiger partial charge < -0.3 is 15.3 Å². The molecule has 1 aromatic heterocycles. The highest BCUT2D eigenvalue weighted by Gasteiger charge is 2.24. The summed E-state index contributed by atoms with van der Waals surface area (Å²) >= 11 is 1.62. The Balaban J connectivity index is 1.70. The third-order valence-corrected chi connectivity index (χ3v) is 5.66. The van der Waals surface area contributed by atoms with Gasteiger partial charge >= 0.3 is 6.03 Å². The molecule has 2 atom stereocenters. The number of likely N-dealkylation sites (tertiary alicyclic amines) is 1. The number of nitrogens with zero attached hydrogens (tertiary/aromatic N) is 2. The minimum atomic E-state index is -0.408. The molecule has 2 aromatic rings. The van der Waals surface area contributed by atoms with Crippen molar-refractivity contribution < 1.29 is 9.90 Å². The van der Waals surface area contributed by atoms with Gasteiger partial charge in [0.05, 0.1) is 22.7 Å². The van der Waals surface area contributed by atoms with Crippen molar-refractivity contribution in [2.24, 2.45) is 0 Å². The topological polar surface area (TPSA) is 65.5 Å². The molecule has 5 nitrogen and oxygen atoms in total. The van der Waals surface area contributed by atoms with Gasteiger partial charge in [0, 0.05) is 18.7 Å². The van der Waals surface area contributed by atoms with Crippen molar-refractivity contribution in [2.75, 3.05) is 13.1 Å². The summed E-state index contributed by atoms with van der Waals surface area (Å²) in [4.78, 5) is 19.8. The van der Waals surface area contributed by atoms with Crippen LogP contribution < -0.4 is 5.32 Å². The number of urea groups is 1. The Morgan fingerprint density at radius 2 is 2.17 bits per heavy atom. The first-order chi connectivity index (χ1) is 11.5. The van der Waals surface area contributed by atoms with Gasteiger partial charge in [-0.1, -0.05) is 30.3 Å². The lowest BCUT2D eigenvalue weighted by Crippen LogP contribution is -2.47. The van der Waals surface area contributed by atoms with Gasteiger partial charge in [0.15, 0.2) is 0 Å². The van der Waals surface area contributed by atoms with E-state index in [1.54, 1.807) is 16.2 Å². The van der Waals surface area contributed by atoms with E-state index in [1.165, 1.54) is 0 Å². The number of carbonyl (C=O) groups excluding carboxylic acids is 1. The molecule has 0 radical (unpaired) electrons. The second kappa shape index (κ2) is 7.32. The maximum Gasteiger partial charge on any atom is 0.317 e. The molecule has 1 saturated heterocycles. The summed E-state index contributed by atoms with van der Waals surface area (Å²) in [5.74, 6) is 0. The maximum atomic E-state index is 12.4. The molecule has 1 aliphatic rings. The number of aliphatic hydroxyl groups excluding tert-OH is 1. The molecule has 2 heterocycles. The number of carbonyl (C=O) groups is 1. The second-order valence-corrected chi connectivity index (χ2v) is 7.28. The van der Waals surface area contributed by atoms with Gasteiger partial charge in [-0.3, -0.25) is 0 Å². The lowest BCUT2D eigenvalue weighted by Gasteiger charge is -2.31. The van der Waals surface area contributed by atoms with Crippen molar-refractivity contribution in [3.8, 4) is 10.6 Å². The van der Waals surface area contributed by atoms with Gasteiger partial charge in [-0.25, -0.2) is 9.78 Å². The van der Waals surface area contributed by atoms with Gasteiger partial charge in [0.2, 0.25) is 0 Å². The van der Waals surface area contributed by atoms with E-state index in [-0.39, 0.29) is 12.1 Å². The lowest BCUT2D eigenvalue weighted by molar-refractivity contribution is 0.0835. The molecule has 1 aliphatic heterocycles. The minimum Gasteiger partial charge on any atom is -0.391 e. The van der Waals surface area contributed by atoms with Gasteiger partial charge in [0.25, 0.3) is 0 Å². The Hall–Kier alpha value is -1.92.